The van der Waals surface area contributed by atoms with E-state index < -0.39 is 0 Å². The number of benzene rings is 2. The largest absolute Gasteiger partial charge is 0.348 e. The lowest BCUT2D eigenvalue weighted by atomic mass is 10.1. The lowest BCUT2D eigenvalue weighted by Gasteiger charge is -2.03. The molecule has 0 saturated heterocycles. The molecular formula is C15H13NOS. The molecule has 18 heavy (non-hydrogen) atoms. The van der Waals surface area contributed by atoms with Crippen LogP contribution in [0.15, 0.2) is 53.4 Å². The number of amides is 1. The molecule has 90 valence electrons. The number of carbonyl (C=O) groups excluding carboxylic acids is 1. The first kappa shape index (κ1) is 11.4. The van der Waals surface area contributed by atoms with Gasteiger partial charge in [-0.1, -0.05) is 30.3 Å². The topological polar surface area (TPSA) is 29.1 Å². The van der Waals surface area contributed by atoms with Gasteiger partial charge in [0.05, 0.1) is 0 Å². The summed E-state index contributed by atoms with van der Waals surface area (Å²) >= 11 is 1.80. The van der Waals surface area contributed by atoms with Crippen molar-refractivity contribution >= 4 is 17.7 Å². The van der Waals surface area contributed by atoms with Crippen LogP contribution in [0.5, 0.6) is 0 Å². The van der Waals surface area contributed by atoms with E-state index in [1.807, 2.05) is 18.2 Å². The SMILES string of the molecule is O=C1NCc2cc(SCc3ccccc3)ccc21. The van der Waals surface area contributed by atoms with Crippen molar-refractivity contribution in [1.29, 1.82) is 0 Å². The zero-order valence-electron chi connectivity index (χ0n) is 9.85. The van der Waals surface area contributed by atoms with E-state index in [0.29, 0.717) is 6.54 Å². The zero-order valence-corrected chi connectivity index (χ0v) is 10.7. The third kappa shape index (κ3) is 2.27. The molecule has 1 heterocycles. The second-order valence-corrected chi connectivity index (χ2v) is 5.32. The van der Waals surface area contributed by atoms with Crippen LogP contribution in [0, 0.1) is 0 Å². The molecule has 0 radical (unpaired) electrons. The van der Waals surface area contributed by atoms with Gasteiger partial charge in [0, 0.05) is 22.8 Å². The number of rotatable bonds is 3. The Kier molecular flexibility index (Phi) is 3.07. The second kappa shape index (κ2) is 4.86. The van der Waals surface area contributed by atoms with Crippen molar-refractivity contribution in [2.45, 2.75) is 17.2 Å². The number of thioether (sulfide) groups is 1. The fourth-order valence-electron chi connectivity index (χ4n) is 2.04. The molecule has 1 aliphatic rings. The lowest BCUT2D eigenvalue weighted by Crippen LogP contribution is -2.12. The van der Waals surface area contributed by atoms with Gasteiger partial charge in [0.15, 0.2) is 0 Å². The van der Waals surface area contributed by atoms with Crippen LogP contribution in [0.25, 0.3) is 0 Å². The van der Waals surface area contributed by atoms with Crippen molar-refractivity contribution in [3.05, 3.63) is 65.2 Å². The first-order chi connectivity index (χ1) is 8.83. The van der Waals surface area contributed by atoms with Crippen molar-refractivity contribution in [3.8, 4) is 0 Å². The van der Waals surface area contributed by atoms with Crippen LogP contribution in [0.4, 0.5) is 0 Å². The summed E-state index contributed by atoms with van der Waals surface area (Å²) in [5.74, 6) is 1.01. The Labute approximate surface area is 110 Å². The third-order valence-corrected chi connectivity index (χ3v) is 4.07. The summed E-state index contributed by atoms with van der Waals surface area (Å²) < 4.78 is 0. The van der Waals surface area contributed by atoms with E-state index in [1.165, 1.54) is 10.5 Å². The summed E-state index contributed by atoms with van der Waals surface area (Å²) in [5.41, 5.74) is 3.24. The molecule has 0 fully saturated rings. The summed E-state index contributed by atoms with van der Waals surface area (Å²) in [5, 5.41) is 2.84. The molecule has 1 aliphatic heterocycles. The molecule has 2 nitrogen and oxygen atoms in total. The summed E-state index contributed by atoms with van der Waals surface area (Å²) in [4.78, 5) is 12.7. The Bertz CT molecular complexity index is 580. The van der Waals surface area contributed by atoms with E-state index in [4.69, 9.17) is 0 Å². The zero-order chi connectivity index (χ0) is 12.4. The average molecular weight is 255 g/mol. The number of hydrogen-bond acceptors (Lipinski definition) is 2. The normalized spacial score (nSPS) is 13.2. The number of carbonyl (C=O) groups is 1. The van der Waals surface area contributed by atoms with Crippen LogP contribution >= 0.6 is 11.8 Å². The summed E-state index contributed by atoms with van der Waals surface area (Å²) in [7, 11) is 0. The van der Waals surface area contributed by atoms with E-state index >= 15 is 0 Å². The molecule has 3 heteroatoms. The smallest absolute Gasteiger partial charge is 0.251 e. The molecule has 3 rings (SSSR count). The van der Waals surface area contributed by atoms with Crippen molar-refractivity contribution in [1.82, 2.24) is 5.32 Å². The quantitative estimate of drug-likeness (QED) is 0.853. The monoisotopic (exact) mass is 255 g/mol. The average Bonchev–Trinajstić information content (AvgIpc) is 2.79. The molecular weight excluding hydrogens is 242 g/mol. The van der Waals surface area contributed by atoms with Crippen LogP contribution in [0.1, 0.15) is 21.5 Å². The van der Waals surface area contributed by atoms with E-state index in [9.17, 15) is 4.79 Å². The van der Waals surface area contributed by atoms with Gasteiger partial charge in [-0.25, -0.2) is 0 Å². The Morgan fingerprint density at radius 3 is 2.78 bits per heavy atom. The molecule has 1 amide bonds. The molecule has 2 aromatic rings. The highest BCUT2D eigenvalue weighted by Crippen LogP contribution is 2.26. The van der Waals surface area contributed by atoms with Gasteiger partial charge in [0.2, 0.25) is 0 Å². The van der Waals surface area contributed by atoms with Crippen LogP contribution in [-0.4, -0.2) is 5.91 Å². The van der Waals surface area contributed by atoms with Crippen molar-refractivity contribution < 1.29 is 4.79 Å². The molecule has 0 aromatic heterocycles. The maximum absolute atomic E-state index is 11.4. The fraction of sp³-hybridized carbons (Fsp3) is 0.133. The molecule has 0 saturated carbocycles. The van der Waals surface area contributed by atoms with Gasteiger partial charge in [-0.3, -0.25) is 4.79 Å². The minimum Gasteiger partial charge on any atom is -0.348 e. The van der Waals surface area contributed by atoms with E-state index in [1.54, 1.807) is 11.8 Å². The van der Waals surface area contributed by atoms with Gasteiger partial charge in [0.25, 0.3) is 5.91 Å². The Morgan fingerprint density at radius 1 is 1.11 bits per heavy atom. The highest BCUT2D eigenvalue weighted by Gasteiger charge is 2.18. The standard InChI is InChI=1S/C15H13NOS/c17-15-14-7-6-13(8-12(14)9-16-15)18-10-11-4-2-1-3-5-11/h1-8H,9-10H2,(H,16,17). The van der Waals surface area contributed by atoms with Crippen molar-refractivity contribution in [3.63, 3.8) is 0 Å². The van der Waals surface area contributed by atoms with Crippen LogP contribution in [0.2, 0.25) is 0 Å². The van der Waals surface area contributed by atoms with Crippen LogP contribution < -0.4 is 5.32 Å². The maximum Gasteiger partial charge on any atom is 0.251 e. The fourth-order valence-corrected chi connectivity index (χ4v) is 2.95. The van der Waals surface area contributed by atoms with Gasteiger partial charge >= 0.3 is 0 Å². The Hall–Kier alpha value is -1.74. The van der Waals surface area contributed by atoms with E-state index in [-0.39, 0.29) is 5.91 Å². The summed E-state index contributed by atoms with van der Waals surface area (Å²) in [6, 6.07) is 16.5. The molecule has 0 bridgehead atoms. The van der Waals surface area contributed by atoms with E-state index in [2.05, 4.69) is 35.6 Å². The molecule has 0 atom stereocenters. The van der Waals surface area contributed by atoms with Gasteiger partial charge < -0.3 is 5.32 Å². The van der Waals surface area contributed by atoms with Crippen molar-refractivity contribution in [2.75, 3.05) is 0 Å². The Morgan fingerprint density at radius 2 is 1.94 bits per heavy atom. The number of nitrogens with one attached hydrogen (secondary N) is 1. The highest BCUT2D eigenvalue weighted by molar-refractivity contribution is 7.98. The predicted octanol–water partition coefficient (Wildman–Crippen LogP) is 3.22. The Balaban J connectivity index is 1.73. The summed E-state index contributed by atoms with van der Waals surface area (Å²) in [6.45, 7) is 0.661. The van der Waals surface area contributed by atoms with E-state index in [0.717, 1.165) is 16.9 Å². The molecule has 2 aromatic carbocycles. The maximum atomic E-state index is 11.4. The second-order valence-electron chi connectivity index (χ2n) is 4.28. The van der Waals surface area contributed by atoms with Gasteiger partial charge in [-0.05, 0) is 29.3 Å². The van der Waals surface area contributed by atoms with Crippen molar-refractivity contribution in [2.24, 2.45) is 0 Å². The van der Waals surface area contributed by atoms with Crippen LogP contribution in [0.3, 0.4) is 0 Å². The molecule has 0 unspecified atom stereocenters. The first-order valence-electron chi connectivity index (χ1n) is 5.91. The third-order valence-electron chi connectivity index (χ3n) is 3.01. The molecule has 1 N–H and O–H groups in total. The molecule has 0 aliphatic carbocycles. The highest BCUT2D eigenvalue weighted by atomic mass is 32.2. The number of hydrogen-bond donors (Lipinski definition) is 1. The molecule has 0 spiro atoms. The van der Waals surface area contributed by atoms with Gasteiger partial charge in [0.1, 0.15) is 0 Å². The van der Waals surface area contributed by atoms with Gasteiger partial charge in [-0.15, -0.1) is 11.8 Å². The minimum atomic E-state index is 0.0459. The minimum absolute atomic E-state index is 0.0459. The predicted molar refractivity (Wildman–Crippen MR) is 73.6 cm³/mol. The number of fused-ring (bicyclic) bond motifs is 1. The lowest BCUT2D eigenvalue weighted by molar-refractivity contribution is 0.0966. The van der Waals surface area contributed by atoms with Gasteiger partial charge in [-0.2, -0.15) is 0 Å². The summed E-state index contributed by atoms with van der Waals surface area (Å²) in [6.07, 6.45) is 0. The van der Waals surface area contributed by atoms with Crippen LogP contribution in [-0.2, 0) is 12.3 Å². The first-order valence-corrected chi connectivity index (χ1v) is 6.89.